The minimum Gasteiger partial charge on any atom is -0.313 e. The Hall–Kier alpha value is -1.33. The highest BCUT2D eigenvalue weighted by molar-refractivity contribution is 6.30. The molecule has 110 valence electrons. The van der Waals surface area contributed by atoms with Crippen LogP contribution < -0.4 is 5.32 Å². The van der Waals surface area contributed by atoms with Crippen LogP contribution in [-0.4, -0.2) is 26.1 Å². The van der Waals surface area contributed by atoms with Gasteiger partial charge >= 0.3 is 0 Å². The highest BCUT2D eigenvalue weighted by Crippen LogP contribution is 2.21. The van der Waals surface area contributed by atoms with E-state index in [1.165, 1.54) is 11.3 Å². The lowest BCUT2D eigenvalue weighted by Gasteiger charge is -2.06. The Balaban J connectivity index is 2.30. The molecule has 0 aliphatic carbocycles. The molecule has 0 fully saturated rings. The van der Waals surface area contributed by atoms with Crippen LogP contribution in [0.25, 0.3) is 0 Å². The molecule has 2 aromatic heterocycles. The van der Waals surface area contributed by atoms with Gasteiger partial charge in [-0.25, -0.2) is 0 Å². The third-order valence-corrected chi connectivity index (χ3v) is 4.13. The quantitative estimate of drug-likeness (QED) is 0.921. The minimum absolute atomic E-state index is 0.664. The summed E-state index contributed by atoms with van der Waals surface area (Å²) >= 11 is 6.29. The van der Waals surface area contributed by atoms with Crippen LogP contribution in [0.15, 0.2) is 0 Å². The van der Waals surface area contributed by atoms with Gasteiger partial charge in [0, 0.05) is 30.4 Å². The van der Waals surface area contributed by atoms with Crippen molar-refractivity contribution in [2.45, 2.75) is 40.8 Å². The first-order valence-electron chi connectivity index (χ1n) is 6.87. The summed E-state index contributed by atoms with van der Waals surface area (Å²) in [6.45, 7) is 10.7. The molecule has 0 aliphatic heterocycles. The summed E-state index contributed by atoms with van der Waals surface area (Å²) in [5.74, 6) is 0. The molecule has 0 bridgehead atoms. The lowest BCUT2D eigenvalue weighted by Crippen LogP contribution is -2.13. The van der Waals surface area contributed by atoms with Crippen LogP contribution in [0.3, 0.4) is 0 Å². The average molecular weight is 296 g/mol. The van der Waals surface area contributed by atoms with E-state index in [1.807, 2.05) is 25.6 Å². The Morgan fingerprint density at radius 2 is 1.75 bits per heavy atom. The van der Waals surface area contributed by atoms with Crippen LogP contribution in [0.1, 0.15) is 35.1 Å². The van der Waals surface area contributed by atoms with E-state index in [0.717, 1.165) is 30.0 Å². The Morgan fingerprint density at radius 3 is 2.30 bits per heavy atom. The summed E-state index contributed by atoms with van der Waals surface area (Å²) in [5, 5.41) is 13.0. The number of halogens is 1. The van der Waals surface area contributed by atoms with Gasteiger partial charge in [-0.2, -0.15) is 10.2 Å². The van der Waals surface area contributed by atoms with E-state index < -0.39 is 0 Å². The molecule has 0 spiro atoms. The van der Waals surface area contributed by atoms with Crippen molar-refractivity contribution in [3.63, 3.8) is 0 Å². The van der Waals surface area contributed by atoms with Crippen molar-refractivity contribution in [2.24, 2.45) is 7.05 Å². The molecule has 0 saturated heterocycles. The predicted molar refractivity (Wildman–Crippen MR) is 81.1 cm³/mol. The molecular formula is C14H22ClN5. The molecule has 0 atom stereocenters. The van der Waals surface area contributed by atoms with Crippen molar-refractivity contribution in [1.29, 1.82) is 0 Å². The number of rotatable bonds is 5. The fourth-order valence-electron chi connectivity index (χ4n) is 2.40. The first-order chi connectivity index (χ1) is 9.45. The van der Waals surface area contributed by atoms with Gasteiger partial charge < -0.3 is 5.32 Å². The van der Waals surface area contributed by atoms with Gasteiger partial charge in [0.2, 0.25) is 0 Å². The summed E-state index contributed by atoms with van der Waals surface area (Å²) in [5.41, 5.74) is 5.52. The highest BCUT2D eigenvalue weighted by Gasteiger charge is 2.16. The van der Waals surface area contributed by atoms with E-state index in [9.17, 15) is 0 Å². The number of nitrogens with one attached hydrogen (secondary N) is 1. The van der Waals surface area contributed by atoms with Crippen molar-refractivity contribution in [1.82, 2.24) is 24.9 Å². The molecule has 2 rings (SSSR count). The van der Waals surface area contributed by atoms with Gasteiger partial charge in [0.05, 0.1) is 17.9 Å². The summed E-state index contributed by atoms with van der Waals surface area (Å²) < 4.78 is 3.72. The molecule has 0 amide bonds. The van der Waals surface area contributed by atoms with Gasteiger partial charge in [-0.1, -0.05) is 18.5 Å². The van der Waals surface area contributed by atoms with Gasteiger partial charge in [0.25, 0.3) is 0 Å². The molecular weight excluding hydrogens is 274 g/mol. The van der Waals surface area contributed by atoms with Crippen LogP contribution in [0.2, 0.25) is 5.15 Å². The zero-order valence-electron chi connectivity index (χ0n) is 12.8. The van der Waals surface area contributed by atoms with Crippen molar-refractivity contribution in [3.8, 4) is 0 Å². The number of hydrogen-bond acceptors (Lipinski definition) is 3. The molecule has 0 aliphatic rings. The number of hydrogen-bond donors (Lipinski definition) is 1. The fraction of sp³-hybridized carbons (Fsp3) is 0.571. The topological polar surface area (TPSA) is 47.7 Å². The second kappa shape index (κ2) is 5.97. The third kappa shape index (κ3) is 2.74. The number of aromatic nitrogens is 4. The van der Waals surface area contributed by atoms with E-state index in [-0.39, 0.29) is 0 Å². The highest BCUT2D eigenvalue weighted by atomic mass is 35.5. The third-order valence-electron chi connectivity index (χ3n) is 3.66. The number of nitrogens with zero attached hydrogens (tertiary/aromatic N) is 4. The lowest BCUT2D eigenvalue weighted by molar-refractivity contribution is 0.653. The molecule has 2 heterocycles. The maximum absolute atomic E-state index is 6.29. The van der Waals surface area contributed by atoms with E-state index in [2.05, 4.69) is 29.4 Å². The van der Waals surface area contributed by atoms with Gasteiger partial charge in [-0.05, 0) is 27.3 Å². The van der Waals surface area contributed by atoms with Crippen LogP contribution in [-0.2, 0) is 20.1 Å². The smallest absolute Gasteiger partial charge is 0.132 e. The van der Waals surface area contributed by atoms with Crippen molar-refractivity contribution >= 4 is 11.6 Å². The Labute approximate surface area is 124 Å². The molecule has 6 heteroatoms. The standard InChI is InChI=1S/C14H22ClN5/c1-6-16-7-12-9(2)18-20(11(12)4)8-13-10(3)17-19(5)14(13)15/h16H,6-8H2,1-5H3. The second-order valence-electron chi connectivity index (χ2n) is 5.07. The maximum atomic E-state index is 6.29. The van der Waals surface area contributed by atoms with Crippen LogP contribution in [0.4, 0.5) is 0 Å². The molecule has 20 heavy (non-hydrogen) atoms. The monoisotopic (exact) mass is 295 g/mol. The molecule has 1 N–H and O–H groups in total. The Bertz CT molecular complexity index is 612. The van der Waals surface area contributed by atoms with E-state index in [0.29, 0.717) is 11.7 Å². The normalized spacial score (nSPS) is 11.3. The zero-order chi connectivity index (χ0) is 14.9. The SMILES string of the molecule is CCNCc1c(C)nn(Cc2c(C)nn(C)c2Cl)c1C. The van der Waals surface area contributed by atoms with E-state index >= 15 is 0 Å². The molecule has 0 aromatic carbocycles. The Morgan fingerprint density at radius 1 is 1.10 bits per heavy atom. The van der Waals surface area contributed by atoms with Crippen LogP contribution >= 0.6 is 11.6 Å². The van der Waals surface area contributed by atoms with Gasteiger partial charge in [-0.15, -0.1) is 0 Å². The fourth-order valence-corrected chi connectivity index (χ4v) is 2.63. The summed E-state index contributed by atoms with van der Waals surface area (Å²) in [6, 6.07) is 0. The number of aryl methyl sites for hydroxylation is 3. The summed E-state index contributed by atoms with van der Waals surface area (Å²) in [4.78, 5) is 0. The van der Waals surface area contributed by atoms with E-state index in [4.69, 9.17) is 11.6 Å². The molecule has 2 aromatic rings. The average Bonchev–Trinajstić information content (AvgIpc) is 2.79. The molecule has 0 saturated carbocycles. The van der Waals surface area contributed by atoms with Crippen LogP contribution in [0.5, 0.6) is 0 Å². The van der Waals surface area contributed by atoms with Gasteiger partial charge in [0.15, 0.2) is 0 Å². The van der Waals surface area contributed by atoms with Gasteiger partial charge in [0.1, 0.15) is 5.15 Å². The zero-order valence-corrected chi connectivity index (χ0v) is 13.5. The second-order valence-corrected chi connectivity index (χ2v) is 5.42. The molecule has 0 unspecified atom stereocenters. The first kappa shape index (κ1) is 15.1. The molecule has 0 radical (unpaired) electrons. The van der Waals surface area contributed by atoms with Crippen LogP contribution in [0, 0.1) is 20.8 Å². The summed E-state index contributed by atoms with van der Waals surface area (Å²) in [7, 11) is 1.86. The van der Waals surface area contributed by atoms with Crippen molar-refractivity contribution in [3.05, 3.63) is 33.4 Å². The van der Waals surface area contributed by atoms with Gasteiger partial charge in [-0.3, -0.25) is 9.36 Å². The first-order valence-corrected chi connectivity index (χ1v) is 7.25. The minimum atomic E-state index is 0.664. The Kier molecular flexibility index (Phi) is 4.50. The van der Waals surface area contributed by atoms with E-state index in [1.54, 1.807) is 4.68 Å². The largest absolute Gasteiger partial charge is 0.313 e. The maximum Gasteiger partial charge on any atom is 0.132 e. The predicted octanol–water partition coefficient (Wildman–Crippen LogP) is 2.35. The lowest BCUT2D eigenvalue weighted by atomic mass is 10.2. The molecule has 5 nitrogen and oxygen atoms in total. The summed E-state index contributed by atoms with van der Waals surface area (Å²) in [6.07, 6.45) is 0. The van der Waals surface area contributed by atoms with Crippen molar-refractivity contribution in [2.75, 3.05) is 6.54 Å². The van der Waals surface area contributed by atoms with Crippen molar-refractivity contribution < 1.29 is 0 Å².